The molecule has 4 aromatic rings. The van der Waals surface area contributed by atoms with Crippen molar-refractivity contribution in [3.63, 3.8) is 0 Å². The van der Waals surface area contributed by atoms with E-state index in [4.69, 9.17) is 32.6 Å². The zero-order chi connectivity index (χ0) is 52.5. The van der Waals surface area contributed by atoms with E-state index in [1.807, 2.05) is 90.4 Å². The van der Waals surface area contributed by atoms with Crippen LogP contribution in [0, 0.1) is 27.7 Å². The molecule has 4 aromatic carbocycles. The van der Waals surface area contributed by atoms with Crippen LogP contribution in [0.15, 0.2) is 126 Å². The molecule has 0 atom stereocenters. The van der Waals surface area contributed by atoms with Gasteiger partial charge in [0, 0.05) is 84.9 Å². The Morgan fingerprint density at radius 2 is 1.01 bits per heavy atom. The van der Waals surface area contributed by atoms with Gasteiger partial charge in [0.2, 0.25) is 27.3 Å². The van der Waals surface area contributed by atoms with Gasteiger partial charge in [0.15, 0.2) is 0 Å². The van der Waals surface area contributed by atoms with E-state index in [9.17, 15) is 0 Å². The minimum Gasteiger partial charge on any atom is -1.00 e. The van der Waals surface area contributed by atoms with Crippen LogP contribution in [0.25, 0.3) is 83.2 Å². The van der Waals surface area contributed by atoms with Crippen molar-refractivity contribution in [2.45, 2.75) is 27.7 Å². The van der Waals surface area contributed by atoms with Crippen LogP contribution in [0.5, 0.6) is 0 Å². The molecule has 4 heterocycles. The van der Waals surface area contributed by atoms with Crippen molar-refractivity contribution in [2.24, 2.45) is 4.99 Å². The number of hydrogen-bond donors (Lipinski definition) is 5. The van der Waals surface area contributed by atoms with Gasteiger partial charge in [-0.05, 0) is 123 Å². The molecule has 0 amide bonds. The van der Waals surface area contributed by atoms with Crippen LogP contribution in [-0.2, 0) is 0 Å². The molecule has 0 fully saturated rings. The zero-order valence-corrected chi connectivity index (χ0v) is 51.0. The summed E-state index contributed by atoms with van der Waals surface area (Å²) in [7, 11) is 12.0. The Morgan fingerprint density at radius 1 is 0.500 bits per heavy atom. The predicted octanol–water partition coefficient (Wildman–Crippen LogP) is -3.68. The number of benzene rings is 8. The van der Waals surface area contributed by atoms with Crippen molar-refractivity contribution in [3.05, 3.63) is 165 Å². The van der Waals surface area contributed by atoms with E-state index in [-0.39, 0.29) is 49.6 Å². The fraction of sp³-hybridized carbons (Fsp3) is 0.172. The molecule has 0 bridgehead atoms. The van der Waals surface area contributed by atoms with Crippen LogP contribution in [0.4, 0.5) is 22.7 Å². The van der Waals surface area contributed by atoms with Crippen LogP contribution in [0.2, 0.25) is 0 Å². The van der Waals surface area contributed by atoms with Gasteiger partial charge in [-0.1, -0.05) is 0 Å². The van der Waals surface area contributed by atoms with Gasteiger partial charge in [-0.25, -0.2) is 29.1 Å². The van der Waals surface area contributed by atoms with Gasteiger partial charge in [0.05, 0.1) is 67.7 Å². The standard InChI is InChI=1S/C16H17N3S.C15H15N3S.C14H13N3S.C13H11N3S.4ClH/c1-10-7-14-16(9-13(10)17-2)20-15-8-11(19(3)4)5-6-12(15)18-14;1-9-6-13-15(8-11(9)16)19-14-7-10(18(2)3)4-5-12(14)17-13;1-8-5-12-14(7-10(8)15)18-13-6-9(16-2)3-4-11(13)17-12;1-7-4-11-13(6-9(7)15)17-12-5-8(14)2-3-10(12)16-11;;;;/h5-9H,1-4H3;4-8,16H,1-3H3;3-7H,15H2,1-2H3;2-6,15H,14H2,1H3;4*1H. The van der Waals surface area contributed by atoms with Crippen LogP contribution in [0.3, 0.4) is 0 Å². The summed E-state index contributed by atoms with van der Waals surface area (Å²) in [5, 5.41) is 13.3. The Labute approximate surface area is 494 Å². The topological polar surface area (TPSA) is 187 Å². The summed E-state index contributed by atoms with van der Waals surface area (Å²) < 4.78 is 8.80. The van der Waals surface area contributed by atoms with Crippen LogP contribution >= 0.6 is 45.3 Å². The molecule has 0 aromatic heterocycles. The number of halogens is 4. The Balaban J connectivity index is 0.000000189. The second kappa shape index (κ2) is 26.4. The molecular weight excluding hydrogens is 1130 g/mol. The molecule has 12 nitrogen and oxygen atoms in total. The van der Waals surface area contributed by atoms with Gasteiger partial charge in [0.1, 0.15) is 37.8 Å². The van der Waals surface area contributed by atoms with Crippen molar-refractivity contribution in [1.82, 2.24) is 24.1 Å². The van der Waals surface area contributed by atoms with E-state index in [2.05, 4.69) is 123 Å². The Kier molecular flexibility index (Phi) is 21.0. The number of fused-ring (bicyclic) bond motifs is 8. The van der Waals surface area contributed by atoms with Crippen LogP contribution < -0.4 is 113 Å². The fourth-order valence-electron chi connectivity index (χ4n) is 8.17. The largest absolute Gasteiger partial charge is 1.00 e. The Bertz CT molecular complexity index is 4280. The molecule has 78 heavy (non-hydrogen) atoms. The van der Waals surface area contributed by atoms with Crippen molar-refractivity contribution >= 4 is 109 Å². The first-order chi connectivity index (χ1) is 35.4. The summed E-state index contributed by atoms with van der Waals surface area (Å²) in [5.41, 5.74) is 34.2. The third-order valence-corrected chi connectivity index (χ3v) is 17.0. The average Bonchev–Trinajstić information content (AvgIpc) is 3.43. The first-order valence-corrected chi connectivity index (χ1v) is 27.1. The van der Waals surface area contributed by atoms with Crippen LogP contribution in [0.1, 0.15) is 22.3 Å². The van der Waals surface area contributed by atoms with Gasteiger partial charge >= 0.3 is 0 Å². The maximum atomic E-state index is 5.98. The molecule has 0 saturated carbocycles. The van der Waals surface area contributed by atoms with Crippen molar-refractivity contribution in [2.75, 3.05) is 64.8 Å². The molecule has 0 radical (unpaired) electrons. The number of H-pyrrole nitrogens is 1. The zero-order valence-electron chi connectivity index (χ0n) is 44.7. The summed E-state index contributed by atoms with van der Waals surface area (Å²) in [6, 6.07) is 41.2. The molecule has 4 aliphatic heterocycles. The molecular formula is C58H60Cl4N12S4. The molecule has 4 aliphatic carbocycles. The second-order valence-corrected chi connectivity index (χ2v) is 22.9. The number of nitrogens with one attached hydrogen (secondary N) is 2. The number of hydrogen-bond acceptors (Lipinski definition) is 12. The number of aromatic amines is 1. The van der Waals surface area contributed by atoms with E-state index >= 15 is 0 Å². The maximum Gasteiger partial charge on any atom is 0.221 e. The first kappa shape index (κ1) is 62.2. The number of aryl methyl sites for hydroxylation is 4. The second-order valence-electron chi connectivity index (χ2n) is 18.5. The predicted molar refractivity (Wildman–Crippen MR) is 316 cm³/mol. The monoisotopic (exact) mass is 1190 g/mol. The summed E-state index contributed by atoms with van der Waals surface area (Å²) in [6.45, 7) is 8.14. The lowest BCUT2D eigenvalue weighted by atomic mass is 10.1. The van der Waals surface area contributed by atoms with Gasteiger partial charge in [-0.15, -0.1) is 45.3 Å². The highest BCUT2D eigenvalue weighted by molar-refractivity contribution is 7.22. The molecule has 8 aliphatic rings. The average molecular weight is 1200 g/mol. The highest BCUT2D eigenvalue weighted by Crippen LogP contribution is 2.35. The molecule has 0 spiro atoms. The maximum absolute atomic E-state index is 5.98. The molecule has 0 unspecified atom stereocenters. The minimum atomic E-state index is 0. The summed E-state index contributed by atoms with van der Waals surface area (Å²) >= 11 is 6.93. The lowest BCUT2D eigenvalue weighted by molar-refractivity contribution is -0.330. The summed E-state index contributed by atoms with van der Waals surface area (Å²) in [4.78, 5) is 26.4. The van der Waals surface area contributed by atoms with Crippen molar-refractivity contribution in [1.29, 1.82) is 0 Å². The van der Waals surface area contributed by atoms with Crippen molar-refractivity contribution < 1.29 is 60.0 Å². The van der Waals surface area contributed by atoms with Gasteiger partial charge in [0.25, 0.3) is 0 Å². The first-order valence-electron chi connectivity index (χ1n) is 23.9. The highest BCUT2D eigenvalue weighted by Gasteiger charge is 2.16. The molecule has 404 valence electrons. The van der Waals surface area contributed by atoms with E-state index in [1.54, 1.807) is 52.4 Å². The number of rotatable bonds is 1. The molecule has 10 N–H and O–H groups in total. The van der Waals surface area contributed by atoms with E-state index < -0.39 is 0 Å². The van der Waals surface area contributed by atoms with Gasteiger partial charge in [-0.2, -0.15) is 0 Å². The smallest absolute Gasteiger partial charge is 0.221 e. The fourth-order valence-corrected chi connectivity index (χ4v) is 12.3. The number of anilines is 4. The number of nitrogen functional groups attached to an aromatic ring is 3. The molecule has 20 heteroatoms. The summed E-state index contributed by atoms with van der Waals surface area (Å²) in [5.74, 6) is 0. The lowest BCUT2D eigenvalue weighted by Crippen LogP contribution is -3.00. The van der Waals surface area contributed by atoms with Crippen molar-refractivity contribution in [3.8, 4) is 42.3 Å². The molecule has 12 rings (SSSR count). The normalized spacial score (nSPS) is 10.8. The number of nitrogens with two attached hydrogens (primary N) is 4. The molecule has 0 saturated heterocycles. The van der Waals surface area contributed by atoms with Crippen LogP contribution in [-0.4, -0.2) is 57.2 Å². The third kappa shape index (κ3) is 13.8. The van der Waals surface area contributed by atoms with Gasteiger partial charge < -0.3 is 72.1 Å². The Morgan fingerprint density at radius 3 is 1.59 bits per heavy atom. The quantitative estimate of drug-likeness (QED) is 0.0637. The lowest BCUT2D eigenvalue weighted by Gasteiger charge is -2.09. The van der Waals surface area contributed by atoms with E-state index in [0.29, 0.717) is 0 Å². The van der Waals surface area contributed by atoms with E-state index in [1.165, 1.54) is 46.0 Å². The Hall–Kier alpha value is -6.60. The SMILES string of the molecule is CN=c1ccc2[nH+]c3cc(C)c(N)cc3sc-2c1.CNc1cc2sc3cc(=[N+](C)C)ccc-3nc2cc1C.Cc1cc2nc3ccc(=[N+](C)C)cc-3sc2cc1N.Cc1cc2nc3ccc(N)cc3sc-2cc1=[NH2+].[Cl-].[Cl-].[Cl-].[Cl-]. The van der Waals surface area contributed by atoms with Gasteiger partial charge in [-0.3, -0.25) is 10.4 Å². The van der Waals surface area contributed by atoms with E-state index in [0.717, 1.165) is 104 Å². The number of nitrogens with zero attached hydrogens (tertiary/aromatic N) is 6. The highest BCUT2D eigenvalue weighted by atomic mass is 35.5. The third-order valence-electron chi connectivity index (χ3n) is 12.6. The minimum absolute atomic E-state index is 0. The number of aromatic nitrogens is 4. The summed E-state index contributed by atoms with van der Waals surface area (Å²) in [6.07, 6.45) is 0.